The van der Waals surface area contributed by atoms with Crippen molar-refractivity contribution >= 4 is 60.9 Å². The van der Waals surface area contributed by atoms with E-state index in [4.69, 9.17) is 8.83 Å². The predicted octanol–water partition coefficient (Wildman–Crippen LogP) is 20.9. The maximum Gasteiger partial charge on any atom is 0.143 e. The molecule has 13 aromatic rings. The molecule has 0 N–H and O–H groups in total. The van der Waals surface area contributed by atoms with Crippen LogP contribution in [-0.2, 0) is 16.2 Å². The Kier molecular flexibility index (Phi) is 9.21. The van der Waals surface area contributed by atoms with Gasteiger partial charge in [0.2, 0.25) is 0 Å². The van der Waals surface area contributed by atoms with Crippen LogP contribution in [0.25, 0.3) is 111 Å². The van der Waals surface area contributed by atoms with Crippen molar-refractivity contribution in [1.82, 2.24) is 0 Å². The molecule has 2 heterocycles. The second-order valence-electron chi connectivity index (χ2n) is 23.6. The molecule has 0 spiro atoms. The Bertz CT molecular complexity index is 4660. The summed E-state index contributed by atoms with van der Waals surface area (Å²) in [5, 5.41) is 4.72. The molecule has 0 aliphatic heterocycles. The van der Waals surface area contributed by atoms with Crippen molar-refractivity contribution in [2.45, 2.75) is 57.8 Å². The van der Waals surface area contributed by atoms with E-state index in [1.54, 1.807) is 0 Å². The Morgan fingerprint density at radius 1 is 0.282 bits per heavy atom. The second kappa shape index (κ2) is 15.9. The van der Waals surface area contributed by atoms with Crippen molar-refractivity contribution < 1.29 is 8.83 Å². The summed E-state index contributed by atoms with van der Waals surface area (Å²) in [6, 6.07) is 82.9. The predicted molar refractivity (Wildman–Crippen MR) is 325 cm³/mol. The maximum absolute atomic E-state index is 6.92. The molecule has 3 aliphatic carbocycles. The molecule has 0 fully saturated rings. The van der Waals surface area contributed by atoms with E-state index in [1.807, 2.05) is 0 Å². The van der Waals surface area contributed by atoms with Gasteiger partial charge in [-0.05, 0) is 167 Å². The number of nitrogens with zero attached hydrogens (tertiary/aromatic N) is 1. The lowest BCUT2D eigenvalue weighted by molar-refractivity contribution is 0.651. The van der Waals surface area contributed by atoms with Gasteiger partial charge in [0, 0.05) is 60.4 Å². The van der Waals surface area contributed by atoms with Crippen LogP contribution in [0.2, 0.25) is 0 Å². The lowest BCUT2D eigenvalue weighted by atomic mass is 9.79. The van der Waals surface area contributed by atoms with E-state index in [9.17, 15) is 0 Å². The third kappa shape index (κ3) is 6.21. The van der Waals surface area contributed by atoms with Gasteiger partial charge in [-0.2, -0.15) is 0 Å². The van der Waals surface area contributed by atoms with E-state index < -0.39 is 0 Å². The average Bonchev–Trinajstić information content (AvgIpc) is 3.28. The first kappa shape index (κ1) is 45.1. The summed E-state index contributed by atoms with van der Waals surface area (Å²) in [6.45, 7) is 14.4. The van der Waals surface area contributed by atoms with Gasteiger partial charge in [-0.15, -0.1) is 0 Å². The standard InChI is InChI=1S/C75H55NO2/c1-73(2)59-37-38-67-70(54-21-13-15-23-65(54)77-67)69(59)58-43-62-57(42-63(58)73)52-35-33-50(39-60(52)74(62,3)4)76(49-31-29-47(30-32-49)45-19-11-8-12-20-45)51-34-36-53-61(40-51)75(5,6)64-41-56(48-27-25-46(26-28-48)44-17-9-7-10-18-44)72-71(68(53)64)55-22-14-16-24-66(55)78-72/h7-43H,1-6H3. The molecule has 372 valence electrons. The molecule has 3 nitrogen and oxygen atoms in total. The summed E-state index contributed by atoms with van der Waals surface area (Å²) in [5.41, 5.74) is 29.1. The highest BCUT2D eigenvalue weighted by atomic mass is 16.3. The van der Waals surface area contributed by atoms with E-state index in [1.165, 1.54) is 105 Å². The van der Waals surface area contributed by atoms with Crippen LogP contribution in [-0.4, -0.2) is 0 Å². The number of fused-ring (bicyclic) bond motifs is 17. The zero-order chi connectivity index (χ0) is 52.4. The fraction of sp³-hybridized carbons (Fsp3) is 0.120. The fourth-order valence-corrected chi connectivity index (χ4v) is 14.2. The first-order valence-corrected chi connectivity index (χ1v) is 27.5. The summed E-state index contributed by atoms with van der Waals surface area (Å²) >= 11 is 0. The van der Waals surface area contributed by atoms with E-state index >= 15 is 0 Å². The Labute approximate surface area is 454 Å². The molecule has 0 bridgehead atoms. The van der Waals surface area contributed by atoms with E-state index in [2.05, 4.69) is 271 Å². The van der Waals surface area contributed by atoms with Crippen LogP contribution >= 0.6 is 0 Å². The van der Waals surface area contributed by atoms with Crippen molar-refractivity contribution in [3.63, 3.8) is 0 Å². The quantitative estimate of drug-likeness (QED) is 0.166. The molecule has 16 rings (SSSR count). The smallest absolute Gasteiger partial charge is 0.143 e. The molecule has 78 heavy (non-hydrogen) atoms. The molecule has 0 saturated carbocycles. The molecule has 0 unspecified atom stereocenters. The van der Waals surface area contributed by atoms with Gasteiger partial charge in [-0.25, -0.2) is 0 Å². The topological polar surface area (TPSA) is 29.5 Å². The van der Waals surface area contributed by atoms with Gasteiger partial charge in [0.05, 0.1) is 0 Å². The SMILES string of the molecule is CC1(C)c2cc(N(c3ccc(-c4ccccc4)cc3)c3ccc4c(c3)C(C)(C)c3cc(-c5ccc(-c6ccccc6)cc5)c5oc6ccccc6c5c3-4)ccc2-c2cc3c(cc21)-c1c(ccc2oc4ccccc4c12)C3(C)C. The van der Waals surface area contributed by atoms with Crippen molar-refractivity contribution in [3.8, 4) is 66.8 Å². The van der Waals surface area contributed by atoms with Gasteiger partial charge in [-0.3, -0.25) is 0 Å². The van der Waals surface area contributed by atoms with Gasteiger partial charge >= 0.3 is 0 Å². The van der Waals surface area contributed by atoms with Crippen molar-refractivity contribution in [3.05, 3.63) is 258 Å². The Hall–Kier alpha value is -9.18. The molecule has 3 heteroatoms. The summed E-state index contributed by atoms with van der Waals surface area (Å²) in [5.74, 6) is 0. The number of para-hydroxylation sites is 2. The van der Waals surface area contributed by atoms with E-state index in [0.29, 0.717) is 0 Å². The third-order valence-electron chi connectivity index (χ3n) is 18.3. The Balaban J connectivity index is 0.849. The molecule has 11 aromatic carbocycles. The van der Waals surface area contributed by atoms with Gasteiger partial charge < -0.3 is 13.7 Å². The molecule has 0 amide bonds. The third-order valence-corrected chi connectivity index (χ3v) is 18.3. The van der Waals surface area contributed by atoms with Crippen LogP contribution < -0.4 is 4.90 Å². The van der Waals surface area contributed by atoms with Crippen LogP contribution in [0, 0.1) is 0 Å². The Morgan fingerprint density at radius 3 is 1.40 bits per heavy atom. The number of hydrogen-bond donors (Lipinski definition) is 0. The number of rotatable bonds is 6. The summed E-state index contributed by atoms with van der Waals surface area (Å²) in [4.78, 5) is 2.48. The molecular formula is C75H55NO2. The molecule has 3 aliphatic rings. The summed E-state index contributed by atoms with van der Waals surface area (Å²) in [7, 11) is 0. The number of hydrogen-bond acceptors (Lipinski definition) is 3. The Morgan fingerprint density at radius 2 is 0.731 bits per heavy atom. The van der Waals surface area contributed by atoms with Crippen LogP contribution in [0.5, 0.6) is 0 Å². The van der Waals surface area contributed by atoms with Gasteiger partial charge in [0.1, 0.15) is 22.3 Å². The zero-order valence-electron chi connectivity index (χ0n) is 44.6. The lowest BCUT2D eigenvalue weighted by Crippen LogP contribution is -2.18. The van der Waals surface area contributed by atoms with Crippen molar-refractivity contribution in [2.75, 3.05) is 4.90 Å². The van der Waals surface area contributed by atoms with E-state index in [0.717, 1.165) is 55.9 Å². The molecule has 0 radical (unpaired) electrons. The fourth-order valence-electron chi connectivity index (χ4n) is 14.2. The van der Waals surface area contributed by atoms with Crippen LogP contribution in [0.3, 0.4) is 0 Å². The normalized spacial score (nSPS) is 14.8. The number of anilines is 3. The first-order valence-electron chi connectivity index (χ1n) is 27.5. The molecule has 2 aromatic heterocycles. The highest BCUT2D eigenvalue weighted by molar-refractivity contribution is 6.19. The maximum atomic E-state index is 6.92. The minimum Gasteiger partial charge on any atom is -0.456 e. The molecule has 0 atom stereocenters. The minimum atomic E-state index is -0.336. The molecular weight excluding hydrogens is 947 g/mol. The van der Waals surface area contributed by atoms with Crippen LogP contribution in [0.1, 0.15) is 74.9 Å². The largest absolute Gasteiger partial charge is 0.456 e. The van der Waals surface area contributed by atoms with Gasteiger partial charge in [0.15, 0.2) is 0 Å². The highest BCUT2D eigenvalue weighted by Crippen LogP contribution is 2.60. The van der Waals surface area contributed by atoms with Gasteiger partial charge in [-0.1, -0.05) is 193 Å². The second-order valence-corrected chi connectivity index (χ2v) is 23.6. The van der Waals surface area contributed by atoms with Gasteiger partial charge in [0.25, 0.3) is 0 Å². The zero-order valence-corrected chi connectivity index (χ0v) is 44.6. The first-order chi connectivity index (χ1) is 37.9. The van der Waals surface area contributed by atoms with Crippen LogP contribution in [0.15, 0.2) is 233 Å². The van der Waals surface area contributed by atoms with Crippen molar-refractivity contribution in [2.24, 2.45) is 0 Å². The summed E-state index contributed by atoms with van der Waals surface area (Å²) < 4.78 is 13.4. The monoisotopic (exact) mass is 1000 g/mol. The highest BCUT2D eigenvalue weighted by Gasteiger charge is 2.44. The molecule has 0 saturated heterocycles. The summed E-state index contributed by atoms with van der Waals surface area (Å²) in [6.07, 6.45) is 0. The van der Waals surface area contributed by atoms with Crippen molar-refractivity contribution in [1.29, 1.82) is 0 Å². The van der Waals surface area contributed by atoms with E-state index in [-0.39, 0.29) is 16.2 Å². The minimum absolute atomic E-state index is 0.186. The number of benzene rings is 11. The van der Waals surface area contributed by atoms with Crippen LogP contribution in [0.4, 0.5) is 17.1 Å². The number of furan rings is 2. The lowest BCUT2D eigenvalue weighted by Gasteiger charge is -2.30. The average molecular weight is 1000 g/mol.